The monoisotopic (exact) mass is 318 g/mol. The van der Waals surface area contributed by atoms with Gasteiger partial charge in [0.1, 0.15) is 0 Å². The average Bonchev–Trinajstić information content (AvgIpc) is 2.53. The van der Waals surface area contributed by atoms with Crippen molar-refractivity contribution >= 4 is 18.0 Å². The van der Waals surface area contributed by atoms with Crippen molar-refractivity contribution < 1.29 is 23.9 Å². The van der Waals surface area contributed by atoms with E-state index in [4.69, 9.17) is 9.47 Å². The predicted molar refractivity (Wildman–Crippen MR) is 81.5 cm³/mol. The van der Waals surface area contributed by atoms with Crippen molar-refractivity contribution in [3.05, 3.63) is 46.7 Å². The molecule has 0 radical (unpaired) electrons. The summed E-state index contributed by atoms with van der Waals surface area (Å²) in [6.45, 7) is 3.51. The van der Waals surface area contributed by atoms with Gasteiger partial charge in [0.25, 0.3) is 0 Å². The summed E-state index contributed by atoms with van der Waals surface area (Å²) in [4.78, 5) is 36.0. The van der Waals surface area contributed by atoms with E-state index in [2.05, 4.69) is 10.6 Å². The van der Waals surface area contributed by atoms with Gasteiger partial charge in [-0.05, 0) is 25.5 Å². The maximum Gasteiger partial charge on any atom is 0.338 e. The molecule has 0 bridgehead atoms. The minimum absolute atomic E-state index is 0.203. The largest absolute Gasteiger partial charge is 0.465 e. The summed E-state index contributed by atoms with van der Waals surface area (Å²) in [5, 5.41) is 5.20. The molecule has 2 N–H and O–H groups in total. The van der Waals surface area contributed by atoms with E-state index in [-0.39, 0.29) is 17.7 Å². The number of carbonyl (C=O) groups excluding carboxylic acids is 3. The Morgan fingerprint density at radius 2 is 1.91 bits per heavy atom. The van der Waals surface area contributed by atoms with E-state index in [0.29, 0.717) is 11.3 Å². The van der Waals surface area contributed by atoms with Crippen LogP contribution in [0.15, 0.2) is 35.5 Å². The van der Waals surface area contributed by atoms with Crippen molar-refractivity contribution in [2.45, 2.75) is 19.9 Å². The van der Waals surface area contributed by atoms with E-state index in [1.54, 1.807) is 38.1 Å². The molecule has 0 spiro atoms. The Balaban J connectivity index is 2.55. The Hall–Kier alpha value is -2.83. The molecule has 0 aromatic heterocycles. The van der Waals surface area contributed by atoms with Gasteiger partial charge in [0.2, 0.25) is 0 Å². The molecule has 0 saturated heterocycles. The zero-order valence-electron chi connectivity index (χ0n) is 13.1. The van der Waals surface area contributed by atoms with Crippen LogP contribution in [0.25, 0.3) is 0 Å². The van der Waals surface area contributed by atoms with Crippen LogP contribution in [0.3, 0.4) is 0 Å². The number of benzene rings is 1. The van der Waals surface area contributed by atoms with E-state index in [0.717, 1.165) is 0 Å². The van der Waals surface area contributed by atoms with Gasteiger partial charge < -0.3 is 20.1 Å². The molecule has 7 nitrogen and oxygen atoms in total. The second kappa shape index (κ2) is 6.95. The Labute approximate surface area is 133 Å². The number of rotatable bonds is 4. The van der Waals surface area contributed by atoms with Gasteiger partial charge in [0.15, 0.2) is 0 Å². The third-order valence-corrected chi connectivity index (χ3v) is 3.44. The number of carbonyl (C=O) groups is 3. The summed E-state index contributed by atoms with van der Waals surface area (Å²) in [6, 6.07) is 5.38. The molecule has 0 aliphatic carbocycles. The van der Waals surface area contributed by atoms with Gasteiger partial charge >= 0.3 is 18.0 Å². The topological polar surface area (TPSA) is 93.7 Å². The molecule has 0 unspecified atom stereocenters. The molecule has 23 heavy (non-hydrogen) atoms. The molecule has 1 aromatic carbocycles. The first kappa shape index (κ1) is 16.5. The number of amides is 2. The molecule has 1 heterocycles. The number of allylic oxidation sites excluding steroid dienone is 1. The normalized spacial score (nSPS) is 17.2. The van der Waals surface area contributed by atoms with Gasteiger partial charge in [-0.3, -0.25) is 0 Å². The van der Waals surface area contributed by atoms with E-state index in [9.17, 15) is 14.4 Å². The molecule has 0 fully saturated rings. The van der Waals surface area contributed by atoms with Gasteiger partial charge in [-0.25, -0.2) is 14.4 Å². The first-order valence-corrected chi connectivity index (χ1v) is 7.12. The predicted octanol–water partition coefficient (Wildman–Crippen LogP) is 1.66. The zero-order valence-corrected chi connectivity index (χ0v) is 13.1. The number of methoxy groups -OCH3 is 1. The number of hydrogen-bond donors (Lipinski definition) is 2. The van der Waals surface area contributed by atoms with Gasteiger partial charge in [0.05, 0.1) is 30.9 Å². The SMILES string of the molecule is CCOC(=O)C1=C(C)NC(=O)N[C@@H]1c1ccccc1C(=O)OC. The second-order valence-corrected chi connectivity index (χ2v) is 4.87. The van der Waals surface area contributed by atoms with Crippen molar-refractivity contribution in [3.63, 3.8) is 0 Å². The summed E-state index contributed by atoms with van der Waals surface area (Å²) >= 11 is 0. The lowest BCUT2D eigenvalue weighted by molar-refractivity contribution is -0.139. The molecule has 2 rings (SSSR count). The maximum atomic E-state index is 12.3. The summed E-state index contributed by atoms with van der Waals surface area (Å²) in [7, 11) is 1.27. The van der Waals surface area contributed by atoms with Crippen molar-refractivity contribution in [2.24, 2.45) is 0 Å². The fourth-order valence-electron chi connectivity index (χ4n) is 2.45. The quantitative estimate of drug-likeness (QED) is 0.824. The van der Waals surface area contributed by atoms with Gasteiger partial charge in [0, 0.05) is 5.70 Å². The van der Waals surface area contributed by atoms with E-state index in [1.807, 2.05) is 0 Å². The maximum absolute atomic E-state index is 12.3. The lowest BCUT2D eigenvalue weighted by Gasteiger charge is -2.29. The molecule has 7 heteroatoms. The Bertz CT molecular complexity index is 681. The first-order chi connectivity index (χ1) is 11.0. The lowest BCUT2D eigenvalue weighted by Crippen LogP contribution is -2.45. The highest BCUT2D eigenvalue weighted by Gasteiger charge is 2.34. The fraction of sp³-hybridized carbons (Fsp3) is 0.312. The van der Waals surface area contributed by atoms with Crippen LogP contribution >= 0.6 is 0 Å². The Morgan fingerprint density at radius 1 is 1.22 bits per heavy atom. The average molecular weight is 318 g/mol. The highest BCUT2D eigenvalue weighted by molar-refractivity contribution is 5.97. The molecular formula is C16H18N2O5. The van der Waals surface area contributed by atoms with Crippen LogP contribution < -0.4 is 10.6 Å². The van der Waals surface area contributed by atoms with E-state index in [1.165, 1.54) is 7.11 Å². The molecular weight excluding hydrogens is 300 g/mol. The third kappa shape index (κ3) is 3.33. The molecule has 2 amide bonds. The summed E-state index contributed by atoms with van der Waals surface area (Å²) in [5.74, 6) is -1.10. The molecule has 1 atom stereocenters. The van der Waals surface area contributed by atoms with Gasteiger partial charge in [-0.1, -0.05) is 18.2 Å². The number of esters is 2. The van der Waals surface area contributed by atoms with Crippen LogP contribution in [0.5, 0.6) is 0 Å². The first-order valence-electron chi connectivity index (χ1n) is 7.12. The summed E-state index contributed by atoms with van der Waals surface area (Å²) in [6.07, 6.45) is 0. The van der Waals surface area contributed by atoms with Crippen LogP contribution in [0.1, 0.15) is 35.8 Å². The van der Waals surface area contributed by atoms with Crippen LogP contribution in [0.2, 0.25) is 0 Å². The highest BCUT2D eigenvalue weighted by atomic mass is 16.5. The summed E-state index contributed by atoms with van der Waals surface area (Å²) in [5.41, 5.74) is 1.38. The smallest absolute Gasteiger partial charge is 0.338 e. The standard InChI is InChI=1S/C16H18N2O5/c1-4-23-15(20)12-9(2)17-16(21)18-13(12)10-7-5-6-8-11(10)14(19)22-3/h5-8,13H,4H2,1-3H3,(H2,17,18,21)/t13-/m1/s1. The Morgan fingerprint density at radius 3 is 2.57 bits per heavy atom. The minimum atomic E-state index is -0.793. The van der Waals surface area contributed by atoms with Crippen LogP contribution in [0, 0.1) is 0 Å². The van der Waals surface area contributed by atoms with E-state index >= 15 is 0 Å². The molecule has 122 valence electrons. The second-order valence-electron chi connectivity index (χ2n) is 4.87. The minimum Gasteiger partial charge on any atom is -0.465 e. The van der Waals surface area contributed by atoms with Crippen molar-refractivity contribution in [2.75, 3.05) is 13.7 Å². The summed E-state index contributed by atoms with van der Waals surface area (Å²) < 4.78 is 9.83. The van der Waals surface area contributed by atoms with Crippen molar-refractivity contribution in [1.29, 1.82) is 0 Å². The highest BCUT2D eigenvalue weighted by Crippen LogP contribution is 2.30. The number of nitrogens with one attached hydrogen (secondary N) is 2. The van der Waals surface area contributed by atoms with E-state index < -0.39 is 24.0 Å². The molecule has 1 aliphatic rings. The van der Waals surface area contributed by atoms with Gasteiger partial charge in [-0.15, -0.1) is 0 Å². The van der Waals surface area contributed by atoms with Crippen LogP contribution in [-0.4, -0.2) is 31.7 Å². The molecule has 1 aliphatic heterocycles. The number of urea groups is 1. The number of ether oxygens (including phenoxy) is 2. The third-order valence-electron chi connectivity index (χ3n) is 3.44. The van der Waals surface area contributed by atoms with Gasteiger partial charge in [-0.2, -0.15) is 0 Å². The molecule has 0 saturated carbocycles. The van der Waals surface area contributed by atoms with Crippen molar-refractivity contribution in [1.82, 2.24) is 10.6 Å². The Kier molecular flexibility index (Phi) is 5.00. The van der Waals surface area contributed by atoms with Crippen LogP contribution in [-0.2, 0) is 14.3 Å². The number of hydrogen-bond acceptors (Lipinski definition) is 5. The lowest BCUT2D eigenvalue weighted by atomic mass is 9.92. The van der Waals surface area contributed by atoms with Crippen LogP contribution in [0.4, 0.5) is 4.79 Å². The fourth-order valence-corrected chi connectivity index (χ4v) is 2.45. The molecule has 1 aromatic rings. The van der Waals surface area contributed by atoms with Crippen molar-refractivity contribution in [3.8, 4) is 0 Å². The zero-order chi connectivity index (χ0) is 17.0.